The molecule has 0 fully saturated rings. The normalized spacial score (nSPS) is 17.0. The van der Waals surface area contributed by atoms with Gasteiger partial charge in [-0.25, -0.2) is 0 Å². The van der Waals surface area contributed by atoms with Gasteiger partial charge in [0.2, 0.25) is 0 Å². The molecule has 18 heavy (non-hydrogen) atoms. The molecule has 2 amide bonds. The number of hydrogen-bond acceptors (Lipinski definition) is 4. The first-order valence-electron chi connectivity index (χ1n) is 5.68. The highest BCUT2D eigenvalue weighted by Gasteiger charge is 2.38. The number of nitrogens with zero attached hydrogens (tertiary/aromatic N) is 1. The zero-order chi connectivity index (χ0) is 13.5. The minimum Gasteiger partial charge on any atom is -0.388 e. The van der Waals surface area contributed by atoms with E-state index in [0.29, 0.717) is 11.1 Å². The van der Waals surface area contributed by atoms with Crippen LogP contribution >= 0.6 is 0 Å². The van der Waals surface area contributed by atoms with Crippen molar-refractivity contribution in [2.24, 2.45) is 0 Å². The molecule has 0 aromatic heterocycles. The van der Waals surface area contributed by atoms with E-state index in [1.165, 1.54) is 13.8 Å². The fourth-order valence-corrected chi connectivity index (χ4v) is 1.80. The second-order valence-corrected chi connectivity index (χ2v) is 4.94. The molecule has 1 heterocycles. The second-order valence-electron chi connectivity index (χ2n) is 4.94. The van der Waals surface area contributed by atoms with Crippen molar-refractivity contribution in [3.63, 3.8) is 0 Å². The number of benzene rings is 1. The zero-order valence-electron chi connectivity index (χ0n) is 10.3. The van der Waals surface area contributed by atoms with E-state index in [2.05, 4.69) is 0 Å². The summed E-state index contributed by atoms with van der Waals surface area (Å²) >= 11 is 0. The summed E-state index contributed by atoms with van der Waals surface area (Å²) in [6, 6.07) is 6.51. The predicted octanol–water partition coefficient (Wildman–Crippen LogP) is 0.414. The summed E-state index contributed by atoms with van der Waals surface area (Å²) in [5, 5.41) is 19.4. The Labute approximate surface area is 105 Å². The molecule has 1 aromatic rings. The van der Waals surface area contributed by atoms with Gasteiger partial charge in [0, 0.05) is 0 Å². The van der Waals surface area contributed by atoms with Crippen molar-refractivity contribution in [2.45, 2.75) is 25.6 Å². The van der Waals surface area contributed by atoms with Gasteiger partial charge >= 0.3 is 0 Å². The molecule has 2 rings (SSSR count). The van der Waals surface area contributed by atoms with Gasteiger partial charge in [-0.2, -0.15) is 0 Å². The monoisotopic (exact) mass is 249 g/mol. The van der Waals surface area contributed by atoms with E-state index in [-0.39, 0.29) is 6.54 Å². The lowest BCUT2D eigenvalue weighted by Crippen LogP contribution is -2.46. The molecule has 5 heteroatoms. The number of aliphatic hydroxyl groups excluding tert-OH is 1. The molecule has 1 aromatic carbocycles. The van der Waals surface area contributed by atoms with Crippen molar-refractivity contribution in [2.75, 3.05) is 6.54 Å². The van der Waals surface area contributed by atoms with E-state index in [1.54, 1.807) is 24.3 Å². The molecule has 1 atom stereocenters. The molecule has 5 nitrogen and oxygen atoms in total. The van der Waals surface area contributed by atoms with Gasteiger partial charge in [-0.05, 0) is 26.0 Å². The average molecular weight is 249 g/mol. The van der Waals surface area contributed by atoms with E-state index in [9.17, 15) is 19.8 Å². The van der Waals surface area contributed by atoms with Crippen LogP contribution < -0.4 is 0 Å². The zero-order valence-corrected chi connectivity index (χ0v) is 10.3. The van der Waals surface area contributed by atoms with E-state index in [1.807, 2.05) is 0 Å². The Morgan fingerprint density at radius 3 is 2.00 bits per heavy atom. The molecule has 0 aliphatic carbocycles. The Kier molecular flexibility index (Phi) is 2.96. The topological polar surface area (TPSA) is 77.8 Å². The fraction of sp³-hybridized carbons (Fsp3) is 0.385. The lowest BCUT2D eigenvalue weighted by molar-refractivity contribution is -0.0551. The Morgan fingerprint density at radius 2 is 1.61 bits per heavy atom. The summed E-state index contributed by atoms with van der Waals surface area (Å²) in [5.41, 5.74) is -0.689. The molecular weight excluding hydrogens is 234 g/mol. The lowest BCUT2D eigenvalue weighted by atomic mass is 10.0. The van der Waals surface area contributed by atoms with Crippen LogP contribution in [0.1, 0.15) is 34.6 Å². The fourth-order valence-electron chi connectivity index (χ4n) is 1.80. The summed E-state index contributed by atoms with van der Waals surface area (Å²) in [6.45, 7) is 2.64. The largest absolute Gasteiger partial charge is 0.388 e. The summed E-state index contributed by atoms with van der Waals surface area (Å²) in [7, 11) is 0. The number of β-amino-alcohol motifs (C(OH)–C–C–N with tert-alkyl or cyclic N) is 1. The first-order valence-corrected chi connectivity index (χ1v) is 5.68. The SMILES string of the molecule is CC(C)(O)[C@@H](O)CN1C(=O)c2ccccc2C1=O. The number of amides is 2. The van der Waals surface area contributed by atoms with Gasteiger partial charge in [-0.15, -0.1) is 0 Å². The standard InChI is InChI=1S/C13H15NO4/c1-13(2,18)10(15)7-14-11(16)8-5-3-4-6-9(8)12(14)17/h3-6,10,15,18H,7H2,1-2H3/t10-/m0/s1. The summed E-state index contributed by atoms with van der Waals surface area (Å²) in [5.74, 6) is -0.863. The number of hydrogen-bond donors (Lipinski definition) is 2. The van der Waals surface area contributed by atoms with Gasteiger partial charge in [0.05, 0.1) is 23.3 Å². The molecular formula is C13H15NO4. The van der Waals surface area contributed by atoms with Crippen LogP contribution in [0, 0.1) is 0 Å². The molecule has 1 aliphatic rings. The van der Waals surface area contributed by atoms with Crippen molar-refractivity contribution >= 4 is 11.8 Å². The van der Waals surface area contributed by atoms with Gasteiger partial charge < -0.3 is 10.2 Å². The van der Waals surface area contributed by atoms with Crippen LogP contribution in [0.15, 0.2) is 24.3 Å². The van der Waals surface area contributed by atoms with E-state index in [4.69, 9.17) is 0 Å². The van der Waals surface area contributed by atoms with Crippen LogP contribution in [-0.4, -0.2) is 45.2 Å². The van der Waals surface area contributed by atoms with E-state index < -0.39 is 23.5 Å². The molecule has 0 unspecified atom stereocenters. The van der Waals surface area contributed by atoms with E-state index in [0.717, 1.165) is 4.90 Å². The van der Waals surface area contributed by atoms with Crippen LogP contribution in [-0.2, 0) is 0 Å². The van der Waals surface area contributed by atoms with E-state index >= 15 is 0 Å². The van der Waals surface area contributed by atoms with Crippen LogP contribution in [0.5, 0.6) is 0 Å². The van der Waals surface area contributed by atoms with Crippen LogP contribution in [0.4, 0.5) is 0 Å². The van der Waals surface area contributed by atoms with Gasteiger partial charge in [-0.3, -0.25) is 14.5 Å². The quantitative estimate of drug-likeness (QED) is 0.761. The second kappa shape index (κ2) is 4.19. The number of aliphatic hydroxyl groups is 2. The molecule has 96 valence electrons. The first kappa shape index (κ1) is 12.7. The van der Waals surface area contributed by atoms with Crippen LogP contribution in [0.2, 0.25) is 0 Å². The van der Waals surface area contributed by atoms with Crippen molar-refractivity contribution in [1.29, 1.82) is 0 Å². The van der Waals surface area contributed by atoms with Gasteiger partial charge in [0.15, 0.2) is 0 Å². The molecule has 0 bridgehead atoms. The summed E-state index contributed by atoms with van der Waals surface area (Å²) in [6.07, 6.45) is -1.18. The highest BCUT2D eigenvalue weighted by Crippen LogP contribution is 2.23. The number of carbonyl (C=O) groups is 2. The number of rotatable bonds is 3. The highest BCUT2D eigenvalue weighted by molar-refractivity contribution is 6.21. The third-order valence-electron chi connectivity index (χ3n) is 3.05. The van der Waals surface area contributed by atoms with Crippen LogP contribution in [0.25, 0.3) is 0 Å². The van der Waals surface area contributed by atoms with Crippen molar-refractivity contribution in [3.8, 4) is 0 Å². The van der Waals surface area contributed by atoms with Crippen molar-refractivity contribution in [3.05, 3.63) is 35.4 Å². The Balaban J connectivity index is 2.24. The molecule has 0 radical (unpaired) electrons. The average Bonchev–Trinajstić information content (AvgIpc) is 2.54. The number of imide groups is 1. The van der Waals surface area contributed by atoms with Gasteiger partial charge in [0.1, 0.15) is 6.10 Å². The third-order valence-corrected chi connectivity index (χ3v) is 3.05. The van der Waals surface area contributed by atoms with Crippen molar-refractivity contribution in [1.82, 2.24) is 4.90 Å². The minimum atomic E-state index is -1.37. The number of carbonyl (C=O) groups excluding carboxylic acids is 2. The first-order chi connectivity index (χ1) is 8.32. The molecule has 0 saturated heterocycles. The molecule has 2 N–H and O–H groups in total. The van der Waals surface area contributed by atoms with Gasteiger partial charge in [0.25, 0.3) is 11.8 Å². The summed E-state index contributed by atoms with van der Waals surface area (Å²) < 4.78 is 0. The Hall–Kier alpha value is -1.72. The number of fused-ring (bicyclic) bond motifs is 1. The Morgan fingerprint density at radius 1 is 1.17 bits per heavy atom. The maximum atomic E-state index is 12.0. The molecule has 1 aliphatic heterocycles. The van der Waals surface area contributed by atoms with Crippen LogP contribution in [0.3, 0.4) is 0 Å². The lowest BCUT2D eigenvalue weighted by Gasteiger charge is -2.27. The highest BCUT2D eigenvalue weighted by atomic mass is 16.3. The predicted molar refractivity (Wildman–Crippen MR) is 64.1 cm³/mol. The maximum absolute atomic E-state index is 12.0. The summed E-state index contributed by atoms with van der Waals surface area (Å²) in [4.78, 5) is 24.9. The smallest absolute Gasteiger partial charge is 0.261 e. The Bertz CT molecular complexity index is 469. The minimum absolute atomic E-state index is 0.212. The van der Waals surface area contributed by atoms with Gasteiger partial charge in [-0.1, -0.05) is 12.1 Å². The van der Waals surface area contributed by atoms with Crippen molar-refractivity contribution < 1.29 is 19.8 Å². The molecule has 0 saturated carbocycles. The third kappa shape index (κ3) is 2.02. The molecule has 0 spiro atoms. The maximum Gasteiger partial charge on any atom is 0.261 e.